The smallest absolute Gasteiger partial charge is 0.257 e. The number of sulfonamides is 1. The van der Waals surface area contributed by atoms with Crippen molar-refractivity contribution in [3.63, 3.8) is 0 Å². The molecule has 0 unspecified atom stereocenters. The first-order valence-electron chi connectivity index (χ1n) is 14.0. The summed E-state index contributed by atoms with van der Waals surface area (Å²) in [6.45, 7) is 4.44. The summed E-state index contributed by atoms with van der Waals surface area (Å²) in [5.41, 5.74) is 1.89. The van der Waals surface area contributed by atoms with Crippen molar-refractivity contribution in [2.24, 2.45) is 0 Å². The third-order valence-electron chi connectivity index (χ3n) is 7.96. The molecule has 3 heterocycles. The van der Waals surface area contributed by atoms with Gasteiger partial charge in [0.15, 0.2) is 0 Å². The number of nitrogens with zero attached hydrogens (tertiary/aromatic N) is 2. The van der Waals surface area contributed by atoms with Crippen molar-refractivity contribution in [1.29, 1.82) is 0 Å². The predicted octanol–water partition coefficient (Wildman–Crippen LogP) is 2.61. The monoisotopic (exact) mass is 570 g/mol. The maximum absolute atomic E-state index is 13.4. The molecule has 11 heteroatoms. The summed E-state index contributed by atoms with van der Waals surface area (Å²) in [6.07, 6.45) is 1.91. The van der Waals surface area contributed by atoms with Gasteiger partial charge in [-0.15, -0.1) is 0 Å². The predicted molar refractivity (Wildman–Crippen MR) is 152 cm³/mol. The third-order valence-corrected chi connectivity index (χ3v) is 9.27. The van der Waals surface area contributed by atoms with Crippen LogP contribution in [0.5, 0.6) is 5.75 Å². The molecule has 0 saturated carbocycles. The summed E-state index contributed by atoms with van der Waals surface area (Å²) in [6, 6.07) is 15.0. The second-order valence-electron chi connectivity index (χ2n) is 10.9. The number of hydrogen-bond donors (Lipinski definition) is 2. The van der Waals surface area contributed by atoms with Crippen molar-refractivity contribution in [1.82, 2.24) is 15.1 Å². The molecule has 2 fully saturated rings. The summed E-state index contributed by atoms with van der Waals surface area (Å²) >= 11 is 0. The second-order valence-corrected chi connectivity index (χ2v) is 12.9. The normalized spacial score (nSPS) is 25.2. The van der Waals surface area contributed by atoms with E-state index in [0.717, 1.165) is 26.1 Å². The summed E-state index contributed by atoms with van der Waals surface area (Å²) < 4.78 is 38.8. The molecule has 40 heavy (non-hydrogen) atoms. The lowest BCUT2D eigenvalue weighted by Crippen LogP contribution is -2.54. The molecule has 216 valence electrons. The van der Waals surface area contributed by atoms with Crippen LogP contribution >= 0.6 is 0 Å². The molecule has 3 aliphatic heterocycles. The zero-order valence-corrected chi connectivity index (χ0v) is 23.9. The Morgan fingerprint density at radius 1 is 1.10 bits per heavy atom. The molecule has 2 amide bonds. The van der Waals surface area contributed by atoms with Gasteiger partial charge >= 0.3 is 0 Å². The van der Waals surface area contributed by atoms with E-state index < -0.39 is 10.0 Å². The molecule has 2 N–H and O–H groups in total. The molecule has 10 nitrogen and oxygen atoms in total. The first kappa shape index (κ1) is 28.4. The molecule has 4 atom stereocenters. The van der Waals surface area contributed by atoms with Gasteiger partial charge in [0.05, 0.1) is 29.9 Å². The van der Waals surface area contributed by atoms with Gasteiger partial charge in [-0.1, -0.05) is 30.3 Å². The number of amides is 2. The molecule has 0 spiro atoms. The molecule has 5 rings (SSSR count). The second kappa shape index (κ2) is 12.2. The van der Waals surface area contributed by atoms with Crippen LogP contribution in [0.3, 0.4) is 0 Å². The van der Waals surface area contributed by atoms with Crippen LogP contribution in [-0.2, 0) is 26.1 Å². The van der Waals surface area contributed by atoms with Crippen LogP contribution in [0.1, 0.15) is 48.5 Å². The van der Waals surface area contributed by atoms with Gasteiger partial charge in [0.25, 0.3) is 5.91 Å². The maximum Gasteiger partial charge on any atom is 0.257 e. The molecular weight excluding hydrogens is 532 g/mol. The highest BCUT2D eigenvalue weighted by Crippen LogP contribution is 2.32. The highest BCUT2D eigenvalue weighted by molar-refractivity contribution is 7.92. The van der Waals surface area contributed by atoms with Crippen LogP contribution in [0, 0.1) is 0 Å². The van der Waals surface area contributed by atoms with Crippen LogP contribution in [0.4, 0.5) is 5.69 Å². The van der Waals surface area contributed by atoms with Crippen molar-refractivity contribution in [3.05, 3.63) is 59.7 Å². The zero-order valence-electron chi connectivity index (χ0n) is 23.0. The minimum absolute atomic E-state index is 0.0152. The number of benzene rings is 2. The Morgan fingerprint density at radius 2 is 1.90 bits per heavy atom. The van der Waals surface area contributed by atoms with E-state index in [1.165, 1.54) is 11.6 Å². The van der Waals surface area contributed by atoms with Crippen LogP contribution in [-0.4, -0.2) is 86.8 Å². The maximum atomic E-state index is 13.4. The van der Waals surface area contributed by atoms with E-state index in [9.17, 15) is 18.0 Å². The Labute approximate surface area is 236 Å². The highest BCUT2D eigenvalue weighted by atomic mass is 32.2. The molecular formula is C29H38N4O6S. The molecule has 2 aromatic carbocycles. The van der Waals surface area contributed by atoms with Gasteiger partial charge in [-0.25, -0.2) is 8.42 Å². The lowest BCUT2D eigenvalue weighted by Gasteiger charge is -2.42. The fourth-order valence-corrected chi connectivity index (χ4v) is 6.40. The van der Waals surface area contributed by atoms with Crippen LogP contribution in [0.25, 0.3) is 0 Å². The quantitative estimate of drug-likeness (QED) is 0.501. The van der Waals surface area contributed by atoms with E-state index in [1.807, 2.05) is 18.2 Å². The van der Waals surface area contributed by atoms with Crippen LogP contribution in [0.15, 0.2) is 48.5 Å². The Bertz CT molecular complexity index is 1320. The summed E-state index contributed by atoms with van der Waals surface area (Å²) in [4.78, 5) is 30.3. The van der Waals surface area contributed by atoms with Gasteiger partial charge in [0.2, 0.25) is 15.9 Å². The molecule has 0 bridgehead atoms. The Hall–Kier alpha value is -3.15. The number of carbonyl (C=O) groups is 2. The lowest BCUT2D eigenvalue weighted by molar-refractivity contribution is -0.134. The number of ether oxygens (including phenoxy) is 2. The Kier molecular flexibility index (Phi) is 8.62. The van der Waals surface area contributed by atoms with Crippen molar-refractivity contribution in [2.45, 2.75) is 63.4 Å². The lowest BCUT2D eigenvalue weighted by atomic mass is 9.94. The fraction of sp³-hybridized carbons (Fsp3) is 0.517. The average Bonchev–Trinajstić information content (AvgIpc) is 3.37. The Morgan fingerprint density at radius 3 is 2.67 bits per heavy atom. The average molecular weight is 571 g/mol. The minimum atomic E-state index is -3.48. The molecule has 0 aliphatic carbocycles. The summed E-state index contributed by atoms with van der Waals surface area (Å²) in [5.74, 6) is 0.0312. The van der Waals surface area contributed by atoms with Crippen molar-refractivity contribution in [2.75, 3.05) is 37.2 Å². The van der Waals surface area contributed by atoms with Crippen LogP contribution in [0.2, 0.25) is 0 Å². The zero-order chi connectivity index (χ0) is 28.3. The van der Waals surface area contributed by atoms with Crippen molar-refractivity contribution < 1.29 is 27.5 Å². The van der Waals surface area contributed by atoms with Crippen LogP contribution < -0.4 is 14.8 Å². The van der Waals surface area contributed by atoms with E-state index in [4.69, 9.17) is 9.47 Å². The third kappa shape index (κ3) is 6.76. The number of fused-ring (bicyclic) bond motifs is 2. The fourth-order valence-electron chi connectivity index (χ4n) is 5.77. The SMILES string of the molecule is CCS(=O)(=O)Nc1ccc2c(c1)C(=O)N(C)[C@@H]1CC[C@@H](CC(=O)N[C@@H]3CCN(Cc4ccccc4)C3)O[C@H]1CO2. The van der Waals surface area contributed by atoms with E-state index in [1.54, 1.807) is 31.0 Å². The van der Waals surface area contributed by atoms with E-state index in [0.29, 0.717) is 29.8 Å². The summed E-state index contributed by atoms with van der Waals surface area (Å²) in [7, 11) is -1.74. The van der Waals surface area contributed by atoms with Gasteiger partial charge in [0, 0.05) is 38.4 Å². The number of rotatable bonds is 8. The van der Waals surface area contributed by atoms with Gasteiger partial charge < -0.3 is 19.7 Å². The molecule has 0 aromatic heterocycles. The number of hydrogen-bond acceptors (Lipinski definition) is 7. The van der Waals surface area contributed by atoms with E-state index in [2.05, 4.69) is 27.1 Å². The van der Waals surface area contributed by atoms with Gasteiger partial charge in [-0.3, -0.25) is 19.2 Å². The number of likely N-dealkylation sites (tertiary alicyclic amines) is 1. The van der Waals surface area contributed by atoms with Gasteiger partial charge in [0.1, 0.15) is 18.5 Å². The topological polar surface area (TPSA) is 117 Å². The number of nitrogens with one attached hydrogen (secondary N) is 2. The standard InChI is InChI=1S/C29H38N4O6S/c1-3-40(36,37)31-21-9-12-26-24(15-21)29(35)32(2)25-11-10-23(39-27(25)19-38-26)16-28(34)30-22-13-14-33(18-22)17-20-7-5-4-6-8-20/h4-9,12,15,22-23,25,27,31H,3,10-11,13-14,16-19H2,1-2H3,(H,30,34)/t22-,23+,25-,27+/m1/s1. The van der Waals surface area contributed by atoms with Gasteiger partial charge in [-0.05, 0) is 49.9 Å². The van der Waals surface area contributed by atoms with Crippen molar-refractivity contribution >= 4 is 27.5 Å². The highest BCUT2D eigenvalue weighted by Gasteiger charge is 2.39. The van der Waals surface area contributed by atoms with E-state index in [-0.39, 0.29) is 54.9 Å². The number of carbonyl (C=O) groups excluding carboxylic acids is 2. The van der Waals surface area contributed by atoms with Gasteiger partial charge in [-0.2, -0.15) is 0 Å². The molecule has 3 aliphatic rings. The first-order chi connectivity index (χ1) is 19.2. The first-order valence-corrected chi connectivity index (χ1v) is 15.6. The summed E-state index contributed by atoms with van der Waals surface area (Å²) in [5, 5.41) is 3.19. The Balaban J connectivity index is 1.16. The molecule has 2 saturated heterocycles. The van der Waals surface area contributed by atoms with Crippen molar-refractivity contribution in [3.8, 4) is 5.75 Å². The molecule has 0 radical (unpaired) electrons. The number of anilines is 1. The minimum Gasteiger partial charge on any atom is -0.490 e. The number of likely N-dealkylation sites (N-methyl/N-ethyl adjacent to an activating group) is 1. The molecule has 2 aromatic rings. The van der Waals surface area contributed by atoms with E-state index >= 15 is 0 Å². The largest absolute Gasteiger partial charge is 0.490 e.